The number of hydrogen-bond acceptors (Lipinski definition) is 6. The smallest absolute Gasteiger partial charge is 0.421 e. The Morgan fingerprint density at radius 1 is 1.08 bits per heavy atom. The fourth-order valence-electron chi connectivity index (χ4n) is 4.27. The van der Waals surface area contributed by atoms with Gasteiger partial charge in [-0.15, -0.1) is 0 Å². The molecule has 192 valence electrons. The monoisotopic (exact) mass is 520 g/mol. The van der Waals surface area contributed by atoms with E-state index in [0.29, 0.717) is 27.5 Å². The zero-order chi connectivity index (χ0) is 26.9. The van der Waals surface area contributed by atoms with E-state index >= 15 is 0 Å². The molecule has 37 heavy (non-hydrogen) atoms. The number of benzene rings is 2. The number of carbonyl (C=O) groups excluding carboxylic acids is 1. The van der Waals surface area contributed by atoms with Crippen LogP contribution in [0.5, 0.6) is 0 Å². The van der Waals surface area contributed by atoms with Crippen LogP contribution in [0.25, 0.3) is 16.9 Å². The largest absolute Gasteiger partial charge is 0.464 e. The molecular formula is C27H28N4O5S. The van der Waals surface area contributed by atoms with Crippen LogP contribution in [-0.4, -0.2) is 50.3 Å². The summed E-state index contributed by atoms with van der Waals surface area (Å²) in [4.78, 5) is 32.8. The van der Waals surface area contributed by atoms with Gasteiger partial charge in [0.2, 0.25) is 0 Å². The molecule has 1 amide bonds. The van der Waals surface area contributed by atoms with Crippen LogP contribution in [0, 0.1) is 6.92 Å². The second-order valence-electron chi connectivity index (χ2n) is 8.96. The predicted molar refractivity (Wildman–Crippen MR) is 140 cm³/mol. The Labute approximate surface area is 215 Å². The summed E-state index contributed by atoms with van der Waals surface area (Å²) >= 11 is 0. The number of amides is 1. The Balaban J connectivity index is 1.62. The maximum Gasteiger partial charge on any atom is 0.421 e. The summed E-state index contributed by atoms with van der Waals surface area (Å²) in [6.07, 6.45) is 0.851. The zero-order valence-corrected chi connectivity index (χ0v) is 21.9. The minimum absolute atomic E-state index is 0.0674. The molecule has 4 aromatic rings. The predicted octanol–water partition coefficient (Wildman–Crippen LogP) is 4.79. The molecule has 4 rings (SSSR count). The lowest BCUT2D eigenvalue weighted by Crippen LogP contribution is -2.43. The summed E-state index contributed by atoms with van der Waals surface area (Å²) in [6.45, 7) is 6.86. The van der Waals surface area contributed by atoms with E-state index in [2.05, 4.69) is 9.97 Å². The number of fused-ring (bicyclic) bond motifs is 1. The highest BCUT2D eigenvalue weighted by molar-refractivity contribution is 7.89. The minimum Gasteiger partial charge on any atom is -0.464 e. The summed E-state index contributed by atoms with van der Waals surface area (Å²) in [5.41, 5.74) is 4.20. The number of hydrogen-bond donors (Lipinski definition) is 1. The topological polar surface area (TPSA) is 122 Å². The van der Waals surface area contributed by atoms with Gasteiger partial charge in [-0.05, 0) is 63.1 Å². The molecule has 9 nitrogen and oxygen atoms in total. The van der Waals surface area contributed by atoms with Crippen LogP contribution in [0.15, 0.2) is 65.7 Å². The molecule has 1 N–H and O–H groups in total. The number of ketones is 1. The molecule has 2 heterocycles. The van der Waals surface area contributed by atoms with E-state index in [9.17, 15) is 23.1 Å². The summed E-state index contributed by atoms with van der Waals surface area (Å²) < 4.78 is 28.6. The quantitative estimate of drug-likeness (QED) is 0.331. The van der Waals surface area contributed by atoms with E-state index in [1.54, 1.807) is 25.1 Å². The Morgan fingerprint density at radius 3 is 2.30 bits per heavy atom. The van der Waals surface area contributed by atoms with Crippen LogP contribution >= 0.6 is 0 Å². The van der Waals surface area contributed by atoms with Crippen molar-refractivity contribution < 1.29 is 23.1 Å². The van der Waals surface area contributed by atoms with E-state index in [1.165, 1.54) is 25.3 Å². The van der Waals surface area contributed by atoms with Crippen molar-refractivity contribution in [3.63, 3.8) is 0 Å². The highest BCUT2D eigenvalue weighted by atomic mass is 32.2. The molecule has 0 unspecified atom stereocenters. The Hall–Kier alpha value is -4.05. The van der Waals surface area contributed by atoms with Gasteiger partial charge in [0.25, 0.3) is 10.0 Å². The first-order valence-electron chi connectivity index (χ1n) is 11.8. The van der Waals surface area contributed by atoms with Gasteiger partial charge in [0, 0.05) is 23.9 Å². The second kappa shape index (κ2) is 10.1. The third-order valence-electron chi connectivity index (χ3n) is 6.18. The molecule has 0 bridgehead atoms. The summed E-state index contributed by atoms with van der Waals surface area (Å²) in [7, 11) is -4.23. The van der Waals surface area contributed by atoms with Gasteiger partial charge >= 0.3 is 6.09 Å². The normalized spacial score (nSPS) is 12.4. The average molecular weight is 521 g/mol. The Morgan fingerprint density at radius 2 is 1.73 bits per heavy atom. The zero-order valence-electron chi connectivity index (χ0n) is 21.0. The van der Waals surface area contributed by atoms with Crippen LogP contribution < -0.4 is 0 Å². The number of carbonyl (C=O) groups is 2. The number of imidazole rings is 1. The number of rotatable bonds is 8. The summed E-state index contributed by atoms with van der Waals surface area (Å²) in [5.74, 6) is 0.700. The summed E-state index contributed by atoms with van der Waals surface area (Å²) in [5, 5.41) is 9.76. The number of Topliss-reactive ketones (excluding diaryl/α,β-unsaturated/α-hetero) is 1. The van der Waals surface area contributed by atoms with E-state index < -0.39 is 22.2 Å². The van der Waals surface area contributed by atoms with Crippen molar-refractivity contribution in [3.05, 3.63) is 83.3 Å². The molecule has 0 radical (unpaired) electrons. The van der Waals surface area contributed by atoms with Crippen molar-refractivity contribution in [3.8, 4) is 5.69 Å². The van der Waals surface area contributed by atoms with Crippen molar-refractivity contribution in [1.82, 2.24) is 18.8 Å². The van der Waals surface area contributed by atoms with Crippen molar-refractivity contribution in [1.29, 1.82) is 0 Å². The highest BCUT2D eigenvalue weighted by Crippen LogP contribution is 2.24. The lowest BCUT2D eigenvalue weighted by atomic mass is 10.1. The molecule has 0 fully saturated rings. The van der Waals surface area contributed by atoms with Crippen LogP contribution in [0.3, 0.4) is 0 Å². The molecule has 0 aliphatic rings. The maximum absolute atomic E-state index is 13.1. The van der Waals surface area contributed by atoms with Crippen LogP contribution in [0.1, 0.15) is 48.1 Å². The minimum atomic E-state index is -4.23. The maximum atomic E-state index is 13.1. The first-order valence-corrected chi connectivity index (χ1v) is 13.3. The van der Waals surface area contributed by atoms with E-state index in [4.69, 9.17) is 0 Å². The average Bonchev–Trinajstić information content (AvgIpc) is 3.22. The summed E-state index contributed by atoms with van der Waals surface area (Å²) in [6, 6.07) is 14.4. The number of pyridine rings is 1. The molecule has 0 spiro atoms. The molecular weight excluding hydrogens is 492 g/mol. The van der Waals surface area contributed by atoms with E-state index in [0.717, 1.165) is 22.6 Å². The van der Waals surface area contributed by atoms with E-state index in [1.807, 2.05) is 42.7 Å². The van der Waals surface area contributed by atoms with Crippen molar-refractivity contribution in [2.75, 3.05) is 0 Å². The standard InChI is InChI=1S/C27H28N4O5S/c1-5-25-29-24-15-21(19(4)32)16-28-26(24)30(25)22-10-8-20(9-11-22)14-18(3)31(27(33)34)37(35,36)23-12-6-17(2)7-13-23/h6-13,15-16,18H,5,14H2,1-4H3,(H,33,34)/t18-/m0/s1. The van der Waals surface area contributed by atoms with Gasteiger partial charge in [0.15, 0.2) is 11.4 Å². The number of aromatic nitrogens is 3. The fourth-order valence-corrected chi connectivity index (χ4v) is 5.73. The van der Waals surface area contributed by atoms with Crippen LogP contribution in [0.4, 0.5) is 4.79 Å². The molecule has 10 heteroatoms. The molecule has 0 saturated carbocycles. The molecule has 1 atom stereocenters. The first kappa shape index (κ1) is 26.0. The third kappa shape index (κ3) is 5.10. The van der Waals surface area contributed by atoms with Crippen LogP contribution in [-0.2, 0) is 22.9 Å². The number of carboxylic acid groups (broad SMARTS) is 1. The van der Waals surface area contributed by atoms with Gasteiger partial charge < -0.3 is 5.11 Å². The molecule has 0 aliphatic carbocycles. The van der Waals surface area contributed by atoms with Gasteiger partial charge in [-0.1, -0.05) is 36.8 Å². The first-order chi connectivity index (χ1) is 17.5. The van der Waals surface area contributed by atoms with Crippen molar-refractivity contribution in [2.45, 2.75) is 51.5 Å². The van der Waals surface area contributed by atoms with Gasteiger partial charge in [0.1, 0.15) is 11.3 Å². The second-order valence-corrected chi connectivity index (χ2v) is 10.8. The highest BCUT2D eigenvalue weighted by Gasteiger charge is 2.33. The molecule has 2 aromatic carbocycles. The van der Waals surface area contributed by atoms with E-state index in [-0.39, 0.29) is 17.1 Å². The van der Waals surface area contributed by atoms with Gasteiger partial charge in [0.05, 0.1) is 10.9 Å². The molecule has 2 aromatic heterocycles. The molecule has 0 aliphatic heterocycles. The number of aryl methyl sites for hydroxylation is 2. The van der Waals surface area contributed by atoms with Crippen molar-refractivity contribution >= 4 is 33.1 Å². The lowest BCUT2D eigenvalue weighted by Gasteiger charge is -2.26. The number of sulfonamides is 1. The third-order valence-corrected chi connectivity index (χ3v) is 8.08. The van der Waals surface area contributed by atoms with Gasteiger partial charge in [-0.3, -0.25) is 9.36 Å². The SMILES string of the molecule is CCc1nc2cc(C(C)=O)cnc2n1-c1ccc(C[C@H](C)N(C(=O)O)S(=O)(=O)c2ccc(C)cc2)cc1. The number of nitrogens with zero attached hydrogens (tertiary/aromatic N) is 4. The molecule has 0 saturated heterocycles. The van der Waals surface area contributed by atoms with Gasteiger partial charge in [-0.25, -0.2) is 23.2 Å². The lowest BCUT2D eigenvalue weighted by molar-refractivity contribution is 0.101. The van der Waals surface area contributed by atoms with Crippen molar-refractivity contribution in [2.24, 2.45) is 0 Å². The Bertz CT molecular complexity index is 1580. The van der Waals surface area contributed by atoms with Crippen LogP contribution in [0.2, 0.25) is 0 Å². The van der Waals surface area contributed by atoms with Gasteiger partial charge in [-0.2, -0.15) is 4.31 Å². The Kier molecular flexibility index (Phi) is 7.13. The fraction of sp³-hybridized carbons (Fsp3) is 0.259.